The lowest BCUT2D eigenvalue weighted by molar-refractivity contribution is 0.0961. The van der Waals surface area contributed by atoms with Gasteiger partial charge in [0.25, 0.3) is 11.9 Å². The Hall–Kier alpha value is -2.84. The molecular formula is C20H29ClN6O2. The smallest absolute Gasteiger partial charge is 0.292 e. The summed E-state index contributed by atoms with van der Waals surface area (Å²) in [5, 5.41) is 13.7. The molecule has 0 aromatic carbocycles. The van der Waals surface area contributed by atoms with Crippen molar-refractivity contribution in [1.82, 2.24) is 20.5 Å². The van der Waals surface area contributed by atoms with Gasteiger partial charge in [-0.15, -0.1) is 0 Å². The second-order valence-electron chi connectivity index (χ2n) is 6.50. The number of hydrogen-bond acceptors (Lipinski definition) is 7. The molecule has 29 heavy (non-hydrogen) atoms. The van der Waals surface area contributed by atoms with Crippen molar-refractivity contribution in [1.29, 1.82) is 5.41 Å². The minimum absolute atomic E-state index is 0.0725. The van der Waals surface area contributed by atoms with Crippen LogP contribution in [0.15, 0.2) is 58.0 Å². The van der Waals surface area contributed by atoms with Gasteiger partial charge in [-0.1, -0.05) is 29.8 Å². The number of nitrogen functional groups attached to an aromatic ring is 1. The molecule has 0 aliphatic carbocycles. The number of allylic oxidation sites excluding steroid dienone is 6. The van der Waals surface area contributed by atoms with E-state index in [0.29, 0.717) is 5.70 Å². The zero-order chi connectivity index (χ0) is 21.6. The summed E-state index contributed by atoms with van der Waals surface area (Å²) in [5.74, 6) is -0.727. The van der Waals surface area contributed by atoms with E-state index in [1.165, 1.54) is 18.0 Å². The Morgan fingerprint density at radius 1 is 1.48 bits per heavy atom. The normalized spacial score (nSPS) is 14.0. The number of aromatic nitrogens is 1. The lowest BCUT2D eigenvalue weighted by Gasteiger charge is -2.11. The molecule has 9 heteroatoms. The first-order valence-electron chi connectivity index (χ1n) is 9.10. The number of carbonyl (C=O) groups is 1. The molecule has 0 aliphatic rings. The highest BCUT2D eigenvalue weighted by atomic mass is 35.5. The number of carbonyl (C=O) groups excluding carboxylic acids is 1. The molecule has 1 amide bonds. The number of nitrogens with two attached hydrogens (primary N) is 1. The molecule has 5 N–H and O–H groups in total. The van der Waals surface area contributed by atoms with Crippen molar-refractivity contribution >= 4 is 29.7 Å². The number of amides is 1. The van der Waals surface area contributed by atoms with Crippen molar-refractivity contribution in [3.8, 4) is 0 Å². The molecule has 158 valence electrons. The summed E-state index contributed by atoms with van der Waals surface area (Å²) in [7, 11) is 4.07. The van der Waals surface area contributed by atoms with Crippen molar-refractivity contribution in [3.63, 3.8) is 0 Å². The minimum atomic E-state index is -0.434. The van der Waals surface area contributed by atoms with Crippen LogP contribution in [0.3, 0.4) is 0 Å². The van der Waals surface area contributed by atoms with Gasteiger partial charge in [-0.25, -0.2) is 0 Å². The third-order valence-electron chi connectivity index (χ3n) is 3.72. The first-order valence-corrected chi connectivity index (χ1v) is 9.54. The molecule has 0 saturated carbocycles. The van der Waals surface area contributed by atoms with Gasteiger partial charge in [0, 0.05) is 29.9 Å². The fourth-order valence-corrected chi connectivity index (χ4v) is 2.41. The maximum Gasteiger partial charge on any atom is 0.292 e. The molecule has 1 heterocycles. The van der Waals surface area contributed by atoms with Crippen LogP contribution in [0.1, 0.15) is 23.8 Å². The molecule has 1 aromatic heterocycles. The van der Waals surface area contributed by atoms with Crippen LogP contribution in [0.2, 0.25) is 0 Å². The van der Waals surface area contributed by atoms with E-state index in [-0.39, 0.29) is 17.6 Å². The van der Waals surface area contributed by atoms with E-state index in [1.807, 2.05) is 26.4 Å². The van der Waals surface area contributed by atoms with Crippen molar-refractivity contribution in [2.75, 3.05) is 32.9 Å². The number of nitrogens with zero attached hydrogens (tertiary/aromatic N) is 2. The van der Waals surface area contributed by atoms with Crippen LogP contribution >= 0.6 is 11.6 Å². The molecule has 1 atom stereocenters. The van der Waals surface area contributed by atoms with E-state index < -0.39 is 5.91 Å². The summed E-state index contributed by atoms with van der Waals surface area (Å²) >= 11 is 5.65. The maximum atomic E-state index is 12.2. The van der Waals surface area contributed by atoms with Gasteiger partial charge in [-0.2, -0.15) is 4.98 Å². The minimum Gasteiger partial charge on any atom is -0.431 e. The van der Waals surface area contributed by atoms with Gasteiger partial charge in [0.2, 0.25) is 0 Å². The van der Waals surface area contributed by atoms with E-state index in [0.717, 1.165) is 25.1 Å². The molecule has 1 unspecified atom stereocenters. The third-order valence-corrected chi connectivity index (χ3v) is 3.87. The second-order valence-corrected chi connectivity index (χ2v) is 6.75. The number of hydrogen-bond donors (Lipinski definition) is 4. The lowest BCUT2D eigenvalue weighted by Crippen LogP contribution is -2.22. The van der Waals surface area contributed by atoms with Crippen LogP contribution in [-0.4, -0.2) is 49.2 Å². The predicted octanol–water partition coefficient (Wildman–Crippen LogP) is 2.89. The van der Waals surface area contributed by atoms with Gasteiger partial charge in [-0.3, -0.25) is 4.79 Å². The highest BCUT2D eigenvalue weighted by Crippen LogP contribution is 2.15. The fourth-order valence-electron chi connectivity index (χ4n) is 2.34. The largest absolute Gasteiger partial charge is 0.431 e. The van der Waals surface area contributed by atoms with Crippen molar-refractivity contribution < 1.29 is 9.21 Å². The molecule has 1 aromatic rings. The van der Waals surface area contributed by atoms with Crippen molar-refractivity contribution in [3.05, 3.63) is 59.3 Å². The Balaban J connectivity index is 2.80. The summed E-state index contributed by atoms with van der Waals surface area (Å²) < 4.78 is 4.84. The predicted molar refractivity (Wildman–Crippen MR) is 118 cm³/mol. The first-order chi connectivity index (χ1) is 13.9. The van der Waals surface area contributed by atoms with E-state index in [1.54, 1.807) is 25.2 Å². The number of oxazole rings is 1. The van der Waals surface area contributed by atoms with Crippen LogP contribution in [0, 0.1) is 11.3 Å². The fraction of sp³-hybridized carbons (Fsp3) is 0.350. The number of nitrogens with one attached hydrogen (secondary N) is 3. The topological polar surface area (TPSA) is 120 Å². The zero-order valence-corrected chi connectivity index (χ0v) is 17.7. The number of rotatable bonds is 12. The molecule has 0 spiro atoms. The van der Waals surface area contributed by atoms with Crippen LogP contribution in [0.25, 0.3) is 0 Å². The Bertz CT molecular complexity index is 780. The van der Waals surface area contributed by atoms with E-state index >= 15 is 0 Å². The summed E-state index contributed by atoms with van der Waals surface area (Å²) in [4.78, 5) is 18.1. The van der Waals surface area contributed by atoms with Crippen molar-refractivity contribution in [2.24, 2.45) is 5.92 Å². The van der Waals surface area contributed by atoms with Crippen LogP contribution < -0.4 is 16.4 Å². The summed E-state index contributed by atoms with van der Waals surface area (Å²) in [5.41, 5.74) is 8.21. The zero-order valence-electron chi connectivity index (χ0n) is 17.0. The van der Waals surface area contributed by atoms with Crippen LogP contribution in [0.4, 0.5) is 6.01 Å². The summed E-state index contributed by atoms with van der Waals surface area (Å²) in [6.45, 7) is 3.58. The van der Waals surface area contributed by atoms with Crippen molar-refractivity contribution in [2.45, 2.75) is 13.3 Å². The summed E-state index contributed by atoms with van der Waals surface area (Å²) in [6.07, 6.45) is 12.4. The van der Waals surface area contributed by atoms with Gasteiger partial charge in [-0.05, 0) is 51.8 Å². The molecule has 8 nitrogen and oxygen atoms in total. The average Bonchev–Trinajstić information content (AvgIpc) is 3.11. The SMILES string of the molecule is C\C(=C/C(=C\C=C\Cl)C(C=N)C=CNCCCN(C)C)NC(=O)c1coc(N)n1. The Morgan fingerprint density at radius 3 is 2.83 bits per heavy atom. The Kier molecular flexibility index (Phi) is 11.1. The molecule has 0 aliphatic heterocycles. The van der Waals surface area contributed by atoms with Gasteiger partial charge < -0.3 is 31.1 Å². The standard InChI is InChI=1S/C20H29ClN6O2/c1-15(25-19(28)18-14-29-20(23)26-18)12-16(6-4-8-21)17(13-22)7-10-24-9-5-11-27(2)3/h4,6-8,10,12-14,17,22,24H,5,9,11H2,1-3H3,(H2,23,26)(H,25,28)/b8-4+,10-7?,15-12+,16-6+,22-13?. The molecule has 1 rings (SSSR count). The first kappa shape index (κ1) is 24.2. The number of halogens is 1. The Morgan fingerprint density at radius 2 is 2.24 bits per heavy atom. The van der Waals surface area contributed by atoms with Crippen LogP contribution in [0.5, 0.6) is 0 Å². The Labute approximate surface area is 176 Å². The van der Waals surface area contributed by atoms with Crippen LogP contribution in [-0.2, 0) is 0 Å². The summed E-state index contributed by atoms with van der Waals surface area (Å²) in [6, 6.07) is -0.0725. The van der Waals surface area contributed by atoms with E-state index in [4.69, 9.17) is 27.2 Å². The third kappa shape index (κ3) is 9.77. The van der Waals surface area contributed by atoms with Gasteiger partial charge in [0.15, 0.2) is 5.69 Å². The lowest BCUT2D eigenvalue weighted by atomic mass is 9.98. The molecular weight excluding hydrogens is 392 g/mol. The average molecular weight is 421 g/mol. The highest BCUT2D eigenvalue weighted by molar-refractivity contribution is 6.25. The highest BCUT2D eigenvalue weighted by Gasteiger charge is 2.12. The monoisotopic (exact) mass is 420 g/mol. The number of anilines is 1. The van der Waals surface area contributed by atoms with Gasteiger partial charge in [0.1, 0.15) is 6.26 Å². The quantitative estimate of drug-likeness (QED) is 0.234. The molecule has 0 radical (unpaired) electrons. The molecule has 0 bridgehead atoms. The van der Waals surface area contributed by atoms with E-state index in [2.05, 4.69) is 20.5 Å². The van der Waals surface area contributed by atoms with E-state index in [9.17, 15) is 4.79 Å². The van der Waals surface area contributed by atoms with Gasteiger partial charge >= 0.3 is 0 Å². The molecule has 0 saturated heterocycles. The maximum absolute atomic E-state index is 12.2. The second kappa shape index (κ2) is 13.4. The van der Waals surface area contributed by atoms with Gasteiger partial charge in [0.05, 0.1) is 0 Å². The molecule has 0 fully saturated rings.